The van der Waals surface area contributed by atoms with E-state index in [1.54, 1.807) is 12.3 Å². The molecule has 3 aromatic heterocycles. The smallest absolute Gasteiger partial charge is 0.353 e. The highest BCUT2D eigenvalue weighted by molar-refractivity contribution is 5.90. The van der Waals surface area contributed by atoms with Crippen LogP contribution in [0.2, 0.25) is 0 Å². The van der Waals surface area contributed by atoms with Gasteiger partial charge in [-0.15, -0.1) is 0 Å². The van der Waals surface area contributed by atoms with Crippen LogP contribution in [0, 0.1) is 0 Å². The molecule has 0 aliphatic carbocycles. The van der Waals surface area contributed by atoms with Crippen molar-refractivity contribution >= 4 is 28.6 Å². The first-order valence-corrected chi connectivity index (χ1v) is 11.1. The number of nitrogens with two attached hydrogens (primary N) is 1. The van der Waals surface area contributed by atoms with E-state index in [9.17, 15) is 13.2 Å². The molecule has 9 nitrogen and oxygen atoms in total. The van der Waals surface area contributed by atoms with Crippen molar-refractivity contribution in [2.45, 2.75) is 65.6 Å². The molecule has 4 N–H and O–H groups in total. The van der Waals surface area contributed by atoms with Gasteiger partial charge in [0.25, 0.3) is 0 Å². The largest absolute Gasteiger partial charge is 0.388 e. The van der Waals surface area contributed by atoms with Crippen LogP contribution >= 0.6 is 0 Å². The second-order valence-electron chi connectivity index (χ2n) is 7.23. The lowest BCUT2D eigenvalue weighted by Crippen LogP contribution is -2.15. The number of halogens is 3. The molecular weight excluding hydrogens is 435 g/mol. The van der Waals surface area contributed by atoms with Gasteiger partial charge in [0.05, 0.1) is 5.69 Å². The van der Waals surface area contributed by atoms with Crippen LogP contribution in [-0.4, -0.2) is 49.0 Å². The summed E-state index contributed by atoms with van der Waals surface area (Å²) in [4.78, 5) is 17.6. The second-order valence-corrected chi connectivity index (χ2v) is 7.23. The van der Waals surface area contributed by atoms with E-state index in [0.29, 0.717) is 30.7 Å². The minimum atomic E-state index is -3.96. The highest BCUT2D eigenvalue weighted by Gasteiger charge is 2.22. The Bertz CT molecular complexity index is 975. The third-order valence-electron chi connectivity index (χ3n) is 4.62. The van der Waals surface area contributed by atoms with E-state index in [4.69, 9.17) is 15.8 Å². The molecule has 3 heterocycles. The summed E-state index contributed by atoms with van der Waals surface area (Å²) in [5.41, 5.74) is 8.34. The number of nitrogens with one attached hydrogen (secondary N) is 2. The lowest BCUT2D eigenvalue weighted by molar-refractivity contribution is -0.130. The Hall–Kier alpha value is -3.02. The average molecular weight is 468 g/mol. The normalized spacial score (nSPS) is 11.2. The molecule has 0 atom stereocenters. The van der Waals surface area contributed by atoms with Gasteiger partial charge in [-0.25, -0.2) is 15.0 Å². The van der Waals surface area contributed by atoms with Crippen molar-refractivity contribution in [2.24, 2.45) is 5.73 Å². The summed E-state index contributed by atoms with van der Waals surface area (Å²) in [5, 5.41) is 11.3. The Labute approximate surface area is 191 Å². The number of aromatic nitrogens is 6. The number of hydrogen-bond acceptors (Lipinski definition) is 8. The van der Waals surface area contributed by atoms with Crippen LogP contribution in [-0.2, 0) is 13.0 Å². The van der Waals surface area contributed by atoms with Crippen molar-refractivity contribution in [3.63, 3.8) is 0 Å². The van der Waals surface area contributed by atoms with E-state index in [2.05, 4.69) is 39.4 Å². The monoisotopic (exact) mass is 467 g/mol. The first-order valence-electron chi connectivity index (χ1n) is 11.1. The molecule has 0 aliphatic rings. The lowest BCUT2D eigenvalue weighted by Gasteiger charge is -2.11. The zero-order chi connectivity index (χ0) is 24.3. The van der Waals surface area contributed by atoms with E-state index in [0.717, 1.165) is 55.9 Å². The fourth-order valence-corrected chi connectivity index (χ4v) is 2.89. The van der Waals surface area contributed by atoms with Gasteiger partial charge in [-0.3, -0.25) is 4.68 Å². The van der Waals surface area contributed by atoms with Crippen molar-refractivity contribution in [3.05, 3.63) is 24.3 Å². The summed E-state index contributed by atoms with van der Waals surface area (Å²) in [6, 6.07) is 1.81. The third-order valence-corrected chi connectivity index (χ3v) is 4.62. The van der Waals surface area contributed by atoms with Gasteiger partial charge >= 0.3 is 6.18 Å². The van der Waals surface area contributed by atoms with Crippen molar-refractivity contribution in [2.75, 3.05) is 23.7 Å². The summed E-state index contributed by atoms with van der Waals surface area (Å²) in [5.74, 6) is 1.89. The fourth-order valence-electron chi connectivity index (χ4n) is 2.89. The number of fused-ring (bicyclic) bond motifs is 1. The van der Waals surface area contributed by atoms with E-state index in [-0.39, 0.29) is 0 Å². The van der Waals surface area contributed by atoms with Gasteiger partial charge in [-0.1, -0.05) is 33.6 Å². The van der Waals surface area contributed by atoms with Crippen LogP contribution in [0.1, 0.15) is 52.1 Å². The van der Waals surface area contributed by atoms with Gasteiger partial charge in [-0.05, 0) is 18.9 Å². The molecule has 182 valence electrons. The summed E-state index contributed by atoms with van der Waals surface area (Å²) in [6.07, 6.45) is 2.70. The van der Waals surface area contributed by atoms with E-state index in [1.807, 2.05) is 4.68 Å². The van der Waals surface area contributed by atoms with Crippen LogP contribution in [0.15, 0.2) is 18.6 Å². The van der Waals surface area contributed by atoms with Crippen LogP contribution in [0.4, 0.5) is 30.8 Å². The minimum absolute atomic E-state index is 0.507. The zero-order valence-corrected chi connectivity index (χ0v) is 19.3. The Morgan fingerprint density at radius 2 is 1.88 bits per heavy atom. The zero-order valence-electron chi connectivity index (χ0n) is 19.3. The molecule has 0 saturated carbocycles. The van der Waals surface area contributed by atoms with Crippen molar-refractivity contribution in [1.29, 1.82) is 0 Å². The predicted octanol–water partition coefficient (Wildman–Crippen LogP) is 4.44. The maximum atomic E-state index is 10.8. The van der Waals surface area contributed by atoms with Gasteiger partial charge < -0.3 is 16.4 Å². The molecule has 0 spiro atoms. The van der Waals surface area contributed by atoms with Crippen LogP contribution in [0.3, 0.4) is 0 Å². The number of hydrogen-bond donors (Lipinski definition) is 3. The summed E-state index contributed by atoms with van der Waals surface area (Å²) in [6.45, 7) is 7.31. The minimum Gasteiger partial charge on any atom is -0.353 e. The highest BCUT2D eigenvalue weighted by atomic mass is 19.4. The van der Waals surface area contributed by atoms with Gasteiger partial charge in [-0.2, -0.15) is 23.3 Å². The van der Waals surface area contributed by atoms with Crippen LogP contribution < -0.4 is 16.4 Å². The quantitative estimate of drug-likeness (QED) is 0.374. The fraction of sp³-hybridized carbons (Fsp3) is 0.571. The SMILES string of the molecule is CCC(F)(F)F.CCCCCn1nc(CC)c2nc(NCCN)nc(Nc3ccncn3)c21. The molecule has 0 radical (unpaired) electrons. The van der Waals surface area contributed by atoms with Gasteiger partial charge in [0.2, 0.25) is 5.95 Å². The highest BCUT2D eigenvalue weighted by Crippen LogP contribution is 2.27. The van der Waals surface area contributed by atoms with Crippen LogP contribution in [0.5, 0.6) is 0 Å². The topological polar surface area (TPSA) is 119 Å². The number of unbranched alkanes of at least 4 members (excludes halogenated alkanes) is 2. The van der Waals surface area contributed by atoms with Gasteiger partial charge in [0.15, 0.2) is 5.82 Å². The summed E-state index contributed by atoms with van der Waals surface area (Å²) < 4.78 is 34.4. The van der Waals surface area contributed by atoms with E-state index in [1.165, 1.54) is 6.33 Å². The molecule has 0 unspecified atom stereocenters. The number of aryl methyl sites for hydroxylation is 2. The Kier molecular flexibility index (Phi) is 10.2. The molecule has 12 heteroatoms. The van der Waals surface area contributed by atoms with Crippen molar-refractivity contribution in [1.82, 2.24) is 29.7 Å². The maximum Gasteiger partial charge on any atom is 0.388 e. The Morgan fingerprint density at radius 1 is 1.12 bits per heavy atom. The third kappa shape index (κ3) is 8.12. The first-order chi connectivity index (χ1) is 15.8. The molecule has 0 aromatic carbocycles. The summed E-state index contributed by atoms with van der Waals surface area (Å²) in [7, 11) is 0. The number of rotatable bonds is 10. The molecule has 3 rings (SSSR count). The van der Waals surface area contributed by atoms with E-state index >= 15 is 0 Å². The molecule has 0 fully saturated rings. The predicted molar refractivity (Wildman–Crippen MR) is 123 cm³/mol. The molecule has 0 bridgehead atoms. The second kappa shape index (κ2) is 12.9. The van der Waals surface area contributed by atoms with Crippen LogP contribution in [0.25, 0.3) is 11.0 Å². The molecular formula is C21H32F3N9. The van der Waals surface area contributed by atoms with Crippen molar-refractivity contribution < 1.29 is 13.2 Å². The Morgan fingerprint density at radius 3 is 2.45 bits per heavy atom. The molecule has 33 heavy (non-hydrogen) atoms. The average Bonchev–Trinajstić information content (AvgIpc) is 3.16. The molecule has 3 aromatic rings. The Balaban J connectivity index is 0.000000569. The standard InChI is InChI=1S/C18H27N9.C3H5F3/c1-3-5-6-11-27-16-15(13(4-2)26-27)24-18(21-10-8-19)25-17(16)23-14-7-9-20-12-22-14;1-2-3(4,5)6/h7,9,12H,3-6,8,10-11,19H2,1-2H3,(H2,20,21,22,23,24,25);2H2,1H3. The first kappa shape index (κ1) is 26.2. The maximum absolute atomic E-state index is 10.8. The van der Waals surface area contributed by atoms with Crippen molar-refractivity contribution in [3.8, 4) is 0 Å². The molecule has 0 aliphatic heterocycles. The lowest BCUT2D eigenvalue weighted by atomic mass is 10.2. The number of nitrogens with zero attached hydrogens (tertiary/aromatic N) is 6. The van der Waals surface area contributed by atoms with Gasteiger partial charge in [0, 0.05) is 32.3 Å². The molecule has 0 saturated heterocycles. The van der Waals surface area contributed by atoms with E-state index < -0.39 is 12.6 Å². The molecule has 0 amide bonds. The summed E-state index contributed by atoms with van der Waals surface area (Å²) >= 11 is 0. The number of anilines is 3. The van der Waals surface area contributed by atoms with Gasteiger partial charge in [0.1, 0.15) is 23.2 Å². The number of alkyl halides is 3.